The molecule has 0 heterocycles. The molecule has 0 spiro atoms. The highest BCUT2D eigenvalue weighted by Gasteiger charge is 2.44. The third kappa shape index (κ3) is 7.78. The second kappa shape index (κ2) is 12.9. The molecule has 7 heteroatoms. The summed E-state index contributed by atoms with van der Waals surface area (Å²) in [6, 6.07) is 7.69. The average molecular weight is 527 g/mol. The van der Waals surface area contributed by atoms with Gasteiger partial charge in [-0.2, -0.15) is 22.0 Å². The van der Waals surface area contributed by atoms with Gasteiger partial charge in [-0.15, -0.1) is 0 Å². The van der Waals surface area contributed by atoms with Crippen molar-refractivity contribution in [2.45, 2.75) is 96.3 Å². The molecule has 0 N–H and O–H groups in total. The minimum atomic E-state index is -5.14. The number of hydrogen-bond donors (Lipinski definition) is 0. The molecular weight excluding hydrogens is 490 g/mol. The van der Waals surface area contributed by atoms with Gasteiger partial charge in [0.1, 0.15) is 17.1 Å². The first-order valence-corrected chi connectivity index (χ1v) is 13.3. The minimum Gasteiger partial charge on any atom is -0.429 e. The van der Waals surface area contributed by atoms with Crippen molar-refractivity contribution >= 4 is 6.08 Å². The summed E-state index contributed by atoms with van der Waals surface area (Å²) in [6.45, 7) is 4.03. The fourth-order valence-corrected chi connectivity index (χ4v) is 5.10. The molecule has 0 bridgehead atoms. The van der Waals surface area contributed by atoms with Crippen LogP contribution in [0.25, 0.3) is 6.08 Å². The molecule has 1 saturated carbocycles. The molecule has 1 aliphatic carbocycles. The molecule has 0 radical (unpaired) electrons. The first kappa shape index (κ1) is 29.1. The van der Waals surface area contributed by atoms with Gasteiger partial charge in [0, 0.05) is 0 Å². The number of allylic oxidation sites excluding steroid dienone is 1. The maximum atomic E-state index is 14.9. The largest absolute Gasteiger partial charge is 0.429 e. The van der Waals surface area contributed by atoms with Crippen molar-refractivity contribution in [2.24, 2.45) is 5.92 Å². The van der Waals surface area contributed by atoms with E-state index in [4.69, 9.17) is 4.74 Å². The Balaban J connectivity index is 1.72. The van der Waals surface area contributed by atoms with E-state index in [-0.39, 0.29) is 5.75 Å². The van der Waals surface area contributed by atoms with Gasteiger partial charge in [0.2, 0.25) is 0 Å². The number of hydrogen-bond acceptors (Lipinski definition) is 1. The summed E-state index contributed by atoms with van der Waals surface area (Å²) in [5.41, 5.74) is -2.64. The Hall–Kier alpha value is -2.44. The summed E-state index contributed by atoms with van der Waals surface area (Å²) in [4.78, 5) is 0. The topological polar surface area (TPSA) is 9.23 Å². The number of rotatable bonds is 11. The lowest BCUT2D eigenvalue weighted by Gasteiger charge is -2.29. The quantitative estimate of drug-likeness (QED) is 0.209. The van der Waals surface area contributed by atoms with E-state index in [2.05, 4.69) is 6.92 Å². The molecule has 1 nitrogen and oxygen atoms in total. The minimum absolute atomic E-state index is 0.234. The zero-order valence-corrected chi connectivity index (χ0v) is 21.5. The third-order valence-corrected chi connectivity index (χ3v) is 7.18. The lowest BCUT2D eigenvalue weighted by molar-refractivity contribution is -0.188. The summed E-state index contributed by atoms with van der Waals surface area (Å²) in [7, 11) is 0. The maximum absolute atomic E-state index is 14.9. The molecule has 2 aromatic carbocycles. The van der Waals surface area contributed by atoms with Crippen molar-refractivity contribution in [2.75, 3.05) is 0 Å². The summed E-state index contributed by atoms with van der Waals surface area (Å²) in [5, 5.41) is 0. The molecule has 204 valence electrons. The molecule has 0 aromatic heterocycles. The molecule has 2 aromatic rings. The van der Waals surface area contributed by atoms with E-state index in [1.54, 1.807) is 12.1 Å². The Morgan fingerprint density at radius 1 is 0.865 bits per heavy atom. The molecular formula is C30H36F6O. The second-order valence-corrected chi connectivity index (χ2v) is 9.98. The van der Waals surface area contributed by atoms with E-state index in [0.717, 1.165) is 49.3 Å². The van der Waals surface area contributed by atoms with Gasteiger partial charge >= 0.3 is 12.3 Å². The van der Waals surface area contributed by atoms with Crippen LogP contribution < -0.4 is 4.74 Å². The summed E-state index contributed by atoms with van der Waals surface area (Å²) in [6.07, 6.45) is 3.66. The second-order valence-electron chi connectivity index (χ2n) is 9.98. The number of halogens is 6. The molecule has 1 aliphatic rings. The summed E-state index contributed by atoms with van der Waals surface area (Å²) in [5.74, 6) is -1.17. The highest BCUT2D eigenvalue weighted by atomic mass is 19.4. The third-order valence-electron chi connectivity index (χ3n) is 7.18. The number of ether oxygens (including phenoxy) is 1. The maximum Gasteiger partial charge on any atom is 0.429 e. The van der Waals surface area contributed by atoms with Crippen LogP contribution in [0.5, 0.6) is 5.75 Å². The number of benzene rings is 2. The van der Waals surface area contributed by atoms with E-state index in [1.165, 1.54) is 43.9 Å². The molecule has 1 fully saturated rings. The zero-order valence-electron chi connectivity index (χ0n) is 21.5. The van der Waals surface area contributed by atoms with E-state index in [1.807, 2.05) is 6.92 Å². The predicted octanol–water partition coefficient (Wildman–Crippen LogP) is 10.6. The molecule has 0 aliphatic heterocycles. The van der Waals surface area contributed by atoms with Gasteiger partial charge in [-0.25, -0.2) is 4.39 Å². The Morgan fingerprint density at radius 3 is 2.14 bits per heavy atom. The van der Waals surface area contributed by atoms with Crippen molar-refractivity contribution in [3.63, 3.8) is 0 Å². The lowest BCUT2D eigenvalue weighted by Crippen LogP contribution is -2.25. The van der Waals surface area contributed by atoms with Crippen LogP contribution in [0.3, 0.4) is 0 Å². The number of alkyl halides is 5. The average Bonchev–Trinajstić information content (AvgIpc) is 2.84. The first-order valence-electron chi connectivity index (χ1n) is 13.3. The van der Waals surface area contributed by atoms with E-state index in [9.17, 15) is 26.3 Å². The van der Waals surface area contributed by atoms with Crippen molar-refractivity contribution in [1.29, 1.82) is 0 Å². The molecule has 0 amide bonds. The van der Waals surface area contributed by atoms with Gasteiger partial charge in [-0.05, 0) is 73.3 Å². The summed E-state index contributed by atoms with van der Waals surface area (Å²) < 4.78 is 90.1. The Labute approximate surface area is 215 Å². The van der Waals surface area contributed by atoms with Crippen LogP contribution in [-0.4, -0.2) is 0 Å². The highest BCUT2D eigenvalue weighted by Crippen LogP contribution is 2.42. The molecule has 0 unspecified atom stereocenters. The number of unbranched alkanes of at least 4 members (excludes halogenated alkanes) is 3. The van der Waals surface area contributed by atoms with Crippen LogP contribution in [0.2, 0.25) is 0 Å². The van der Waals surface area contributed by atoms with Crippen LogP contribution in [0.1, 0.15) is 106 Å². The highest BCUT2D eigenvalue weighted by molar-refractivity contribution is 5.56. The van der Waals surface area contributed by atoms with E-state index >= 15 is 0 Å². The normalized spacial score (nSPS) is 18.9. The predicted molar refractivity (Wildman–Crippen MR) is 135 cm³/mol. The van der Waals surface area contributed by atoms with Crippen molar-refractivity contribution < 1.29 is 31.1 Å². The zero-order chi connectivity index (χ0) is 27.1. The SMILES string of the molecule is CCC/C=C/c1ccc(C(F)(F)Oc2ccc(C3CCC(CCCCC)CC3)cc2)c(F)c1C(F)(F)F. The molecule has 3 rings (SSSR count). The van der Waals surface area contributed by atoms with Gasteiger partial charge in [0.15, 0.2) is 0 Å². The van der Waals surface area contributed by atoms with E-state index < -0.39 is 34.8 Å². The van der Waals surface area contributed by atoms with Crippen LogP contribution in [-0.2, 0) is 12.3 Å². The van der Waals surface area contributed by atoms with Crippen LogP contribution in [0.15, 0.2) is 42.5 Å². The molecule has 0 atom stereocenters. The van der Waals surface area contributed by atoms with Gasteiger partial charge in [-0.3, -0.25) is 0 Å². The van der Waals surface area contributed by atoms with E-state index in [0.29, 0.717) is 24.8 Å². The van der Waals surface area contributed by atoms with Crippen molar-refractivity contribution in [1.82, 2.24) is 0 Å². The van der Waals surface area contributed by atoms with Crippen LogP contribution in [0.4, 0.5) is 26.3 Å². The monoisotopic (exact) mass is 526 g/mol. The first-order chi connectivity index (χ1) is 17.6. The molecule has 0 saturated heterocycles. The smallest absolute Gasteiger partial charge is 0.429 e. The Morgan fingerprint density at radius 2 is 1.54 bits per heavy atom. The Kier molecular flexibility index (Phi) is 10.1. The lowest BCUT2D eigenvalue weighted by atomic mass is 9.77. The van der Waals surface area contributed by atoms with Crippen LogP contribution in [0, 0.1) is 11.7 Å². The van der Waals surface area contributed by atoms with Gasteiger partial charge in [0.05, 0.1) is 5.56 Å². The van der Waals surface area contributed by atoms with Crippen molar-refractivity contribution in [3.05, 3.63) is 70.5 Å². The summed E-state index contributed by atoms with van der Waals surface area (Å²) >= 11 is 0. The van der Waals surface area contributed by atoms with Gasteiger partial charge < -0.3 is 4.74 Å². The van der Waals surface area contributed by atoms with Crippen molar-refractivity contribution in [3.8, 4) is 5.75 Å². The fourth-order valence-electron chi connectivity index (χ4n) is 5.10. The van der Waals surface area contributed by atoms with Crippen LogP contribution >= 0.6 is 0 Å². The van der Waals surface area contributed by atoms with Gasteiger partial charge in [-0.1, -0.05) is 76.3 Å². The standard InChI is InChI=1S/C30H36F6O/c1-3-5-7-9-21-11-13-22(14-12-21)23-15-18-25(19-16-23)37-30(35,36)26-20-17-24(10-8-6-4-2)27(28(26)31)29(32,33)34/h8,10,15-22H,3-7,9,11-14H2,1-2H3/b10-8+. The Bertz CT molecular complexity index is 1020. The van der Waals surface area contributed by atoms with Gasteiger partial charge in [0.25, 0.3) is 0 Å². The molecule has 37 heavy (non-hydrogen) atoms. The fraction of sp³-hybridized carbons (Fsp3) is 0.533.